The number of halogens is 1. The Kier molecular flexibility index (Phi) is 2.31. The van der Waals surface area contributed by atoms with Crippen LogP contribution in [0.4, 0.5) is 0 Å². The average molecular weight is 197 g/mol. The van der Waals surface area contributed by atoms with Crippen LogP contribution in [-0.4, -0.2) is 11.2 Å². The Hall–Kier alpha value is -0.530. The van der Waals surface area contributed by atoms with Gasteiger partial charge in [0.05, 0.1) is 6.10 Å². The molecule has 1 saturated carbocycles. The molecule has 1 aliphatic carbocycles. The Morgan fingerprint density at radius 1 is 1.38 bits per heavy atom. The molecule has 0 amide bonds. The summed E-state index contributed by atoms with van der Waals surface area (Å²) < 4.78 is 0. The molecule has 1 aromatic rings. The van der Waals surface area contributed by atoms with Gasteiger partial charge < -0.3 is 5.11 Å². The first-order chi connectivity index (χ1) is 6.20. The molecule has 1 nitrogen and oxygen atoms in total. The van der Waals surface area contributed by atoms with Gasteiger partial charge in [0.15, 0.2) is 0 Å². The summed E-state index contributed by atoms with van der Waals surface area (Å²) in [6.45, 7) is 2.07. The van der Waals surface area contributed by atoms with E-state index < -0.39 is 0 Å². The van der Waals surface area contributed by atoms with E-state index in [0.717, 1.165) is 11.4 Å². The lowest BCUT2D eigenvalue weighted by atomic mass is 9.69. The van der Waals surface area contributed by atoms with E-state index in [1.54, 1.807) is 0 Å². The quantitative estimate of drug-likeness (QED) is 0.733. The largest absolute Gasteiger partial charge is 0.393 e. The molecule has 2 rings (SSSR count). The molecule has 1 fully saturated rings. The Morgan fingerprint density at radius 2 is 2.08 bits per heavy atom. The minimum atomic E-state index is -0.138. The van der Waals surface area contributed by atoms with E-state index in [1.807, 2.05) is 18.2 Å². The van der Waals surface area contributed by atoms with Gasteiger partial charge in [-0.05, 0) is 29.9 Å². The highest BCUT2D eigenvalue weighted by molar-refractivity contribution is 6.31. The zero-order valence-electron chi connectivity index (χ0n) is 7.57. The normalized spacial score (nSPS) is 32.7. The summed E-state index contributed by atoms with van der Waals surface area (Å²) >= 11 is 6.06. The molecule has 0 radical (unpaired) electrons. The van der Waals surface area contributed by atoms with Crippen LogP contribution in [0.3, 0.4) is 0 Å². The first-order valence-corrected chi connectivity index (χ1v) is 5.00. The molecule has 0 aliphatic heterocycles. The van der Waals surface area contributed by atoms with Gasteiger partial charge in [-0.3, -0.25) is 0 Å². The number of hydrogen-bond acceptors (Lipinski definition) is 1. The topological polar surface area (TPSA) is 20.2 Å². The molecule has 3 atom stereocenters. The van der Waals surface area contributed by atoms with Crippen molar-refractivity contribution in [1.29, 1.82) is 0 Å². The van der Waals surface area contributed by atoms with Gasteiger partial charge in [0.2, 0.25) is 0 Å². The average Bonchev–Trinajstić information content (AvgIpc) is 2.15. The summed E-state index contributed by atoms with van der Waals surface area (Å²) in [5.41, 5.74) is 1.18. The standard InChI is InChI=1S/C11H13ClO/c1-7-9(6-11(7)13)8-4-2-3-5-10(8)12/h2-5,7,9,11,13H,6H2,1H3. The molecular formula is C11H13ClO. The molecule has 1 aromatic carbocycles. The second-order valence-corrected chi connectivity index (χ2v) is 4.20. The Balaban J connectivity index is 2.23. The maximum absolute atomic E-state index is 9.40. The van der Waals surface area contributed by atoms with Crippen LogP contribution in [0.15, 0.2) is 24.3 Å². The van der Waals surface area contributed by atoms with Crippen LogP contribution in [0.1, 0.15) is 24.8 Å². The minimum absolute atomic E-state index is 0.138. The number of rotatable bonds is 1. The monoisotopic (exact) mass is 196 g/mol. The van der Waals surface area contributed by atoms with Crippen LogP contribution in [0.25, 0.3) is 0 Å². The third kappa shape index (κ3) is 1.47. The van der Waals surface area contributed by atoms with Gasteiger partial charge in [-0.15, -0.1) is 0 Å². The van der Waals surface area contributed by atoms with Crippen molar-refractivity contribution in [3.05, 3.63) is 34.9 Å². The van der Waals surface area contributed by atoms with Crippen molar-refractivity contribution in [2.24, 2.45) is 5.92 Å². The van der Waals surface area contributed by atoms with Crippen LogP contribution >= 0.6 is 11.6 Å². The van der Waals surface area contributed by atoms with Crippen LogP contribution in [0, 0.1) is 5.92 Å². The summed E-state index contributed by atoms with van der Waals surface area (Å²) in [7, 11) is 0. The number of aliphatic hydroxyl groups is 1. The second-order valence-electron chi connectivity index (χ2n) is 3.79. The smallest absolute Gasteiger partial charge is 0.0577 e. The van der Waals surface area contributed by atoms with Crippen molar-refractivity contribution in [3.63, 3.8) is 0 Å². The highest BCUT2D eigenvalue weighted by atomic mass is 35.5. The maximum atomic E-state index is 9.40. The molecule has 70 valence electrons. The fourth-order valence-electron chi connectivity index (χ4n) is 1.95. The predicted octanol–water partition coefficient (Wildman–Crippen LogP) is 2.82. The Labute approximate surface area is 83.3 Å². The van der Waals surface area contributed by atoms with Gasteiger partial charge in [0.25, 0.3) is 0 Å². The van der Waals surface area contributed by atoms with E-state index in [-0.39, 0.29) is 6.10 Å². The third-order valence-corrected chi connectivity index (χ3v) is 3.39. The Bertz CT molecular complexity index is 311. The summed E-state index contributed by atoms with van der Waals surface area (Å²) in [5.74, 6) is 0.795. The highest BCUT2D eigenvalue weighted by Crippen LogP contribution is 2.44. The van der Waals surface area contributed by atoms with Crippen LogP contribution in [0.5, 0.6) is 0 Å². The molecule has 2 heteroatoms. The summed E-state index contributed by atoms with van der Waals surface area (Å²) in [6.07, 6.45) is 0.714. The van der Waals surface area contributed by atoms with Crippen LogP contribution in [-0.2, 0) is 0 Å². The SMILES string of the molecule is CC1C(O)CC1c1ccccc1Cl. The summed E-state index contributed by atoms with van der Waals surface area (Å²) in [4.78, 5) is 0. The van der Waals surface area contributed by atoms with Gasteiger partial charge in [0, 0.05) is 5.02 Å². The maximum Gasteiger partial charge on any atom is 0.0577 e. The van der Waals surface area contributed by atoms with Gasteiger partial charge >= 0.3 is 0 Å². The fourth-order valence-corrected chi connectivity index (χ4v) is 2.22. The lowest BCUT2D eigenvalue weighted by Crippen LogP contribution is -2.37. The number of hydrogen-bond donors (Lipinski definition) is 1. The second kappa shape index (κ2) is 3.32. The minimum Gasteiger partial charge on any atom is -0.393 e. The van der Waals surface area contributed by atoms with Crippen molar-refractivity contribution in [1.82, 2.24) is 0 Å². The molecule has 1 aliphatic rings. The third-order valence-electron chi connectivity index (χ3n) is 3.04. The number of aliphatic hydroxyl groups excluding tert-OH is 1. The fraction of sp³-hybridized carbons (Fsp3) is 0.455. The van der Waals surface area contributed by atoms with E-state index in [4.69, 9.17) is 11.6 Å². The first kappa shape index (κ1) is 9.04. The molecule has 0 saturated heterocycles. The van der Waals surface area contributed by atoms with Gasteiger partial charge in [-0.2, -0.15) is 0 Å². The van der Waals surface area contributed by atoms with Crippen LogP contribution < -0.4 is 0 Å². The van der Waals surface area contributed by atoms with Gasteiger partial charge in [0.1, 0.15) is 0 Å². The molecular weight excluding hydrogens is 184 g/mol. The van der Waals surface area contributed by atoms with Gasteiger partial charge in [-0.1, -0.05) is 36.7 Å². The van der Waals surface area contributed by atoms with Crippen molar-refractivity contribution in [2.75, 3.05) is 0 Å². The van der Waals surface area contributed by atoms with Crippen LogP contribution in [0.2, 0.25) is 5.02 Å². The van der Waals surface area contributed by atoms with E-state index in [0.29, 0.717) is 11.8 Å². The number of benzene rings is 1. The molecule has 13 heavy (non-hydrogen) atoms. The van der Waals surface area contributed by atoms with Crippen molar-refractivity contribution >= 4 is 11.6 Å². The predicted molar refractivity (Wildman–Crippen MR) is 54.0 cm³/mol. The molecule has 0 bridgehead atoms. The van der Waals surface area contributed by atoms with Gasteiger partial charge in [-0.25, -0.2) is 0 Å². The highest BCUT2D eigenvalue weighted by Gasteiger charge is 2.37. The van der Waals surface area contributed by atoms with Crippen molar-refractivity contribution in [3.8, 4) is 0 Å². The lowest BCUT2D eigenvalue weighted by molar-refractivity contribution is 0.0117. The zero-order chi connectivity index (χ0) is 9.42. The summed E-state index contributed by atoms with van der Waals surface area (Å²) in [5, 5.41) is 10.2. The summed E-state index contributed by atoms with van der Waals surface area (Å²) in [6, 6.07) is 7.90. The molecule has 0 spiro atoms. The van der Waals surface area contributed by atoms with Crippen molar-refractivity contribution < 1.29 is 5.11 Å². The van der Waals surface area contributed by atoms with Crippen molar-refractivity contribution in [2.45, 2.75) is 25.4 Å². The van der Waals surface area contributed by atoms with E-state index in [9.17, 15) is 5.11 Å². The first-order valence-electron chi connectivity index (χ1n) is 4.62. The molecule has 3 unspecified atom stereocenters. The molecule has 0 aromatic heterocycles. The Morgan fingerprint density at radius 3 is 2.62 bits per heavy atom. The lowest BCUT2D eigenvalue weighted by Gasteiger charge is -2.40. The molecule has 1 N–H and O–H groups in total. The zero-order valence-corrected chi connectivity index (χ0v) is 8.33. The molecule has 0 heterocycles. The van der Waals surface area contributed by atoms with E-state index in [2.05, 4.69) is 13.0 Å². The van der Waals surface area contributed by atoms with E-state index >= 15 is 0 Å². The van der Waals surface area contributed by atoms with E-state index in [1.165, 1.54) is 5.56 Å².